The molecule has 1 fully saturated rings. The van der Waals surface area contributed by atoms with Crippen LogP contribution in [0.1, 0.15) is 24.8 Å². The number of pyridine rings is 1. The van der Waals surface area contributed by atoms with Crippen molar-refractivity contribution in [3.8, 4) is 0 Å². The number of anilines is 1. The highest BCUT2D eigenvalue weighted by Gasteiger charge is 2.26. The third kappa shape index (κ3) is 4.74. The molecule has 3 rings (SSSR count). The van der Waals surface area contributed by atoms with Gasteiger partial charge in [0.2, 0.25) is 0 Å². The molecule has 1 aliphatic rings. The van der Waals surface area contributed by atoms with Gasteiger partial charge in [-0.2, -0.15) is 0 Å². The molecule has 150 valence electrons. The van der Waals surface area contributed by atoms with Crippen LogP contribution in [0.5, 0.6) is 0 Å². The third-order valence-corrected chi connectivity index (χ3v) is 4.88. The molecule has 0 radical (unpaired) electrons. The lowest BCUT2D eigenvalue weighted by Crippen LogP contribution is -2.45. The minimum Gasteiger partial charge on any atom is -0.356 e. The van der Waals surface area contributed by atoms with E-state index in [0.29, 0.717) is 37.0 Å². The summed E-state index contributed by atoms with van der Waals surface area (Å²) in [7, 11) is 1.67. The van der Waals surface area contributed by atoms with Crippen molar-refractivity contribution in [2.75, 3.05) is 31.6 Å². The summed E-state index contributed by atoms with van der Waals surface area (Å²) < 4.78 is 40.4. The number of guanidine groups is 1. The minimum atomic E-state index is -0.850. The van der Waals surface area contributed by atoms with Gasteiger partial charge in [-0.1, -0.05) is 13.0 Å². The topological polar surface area (TPSA) is 52.6 Å². The van der Waals surface area contributed by atoms with Crippen LogP contribution in [0.2, 0.25) is 0 Å². The van der Waals surface area contributed by atoms with Gasteiger partial charge in [0, 0.05) is 38.9 Å². The molecule has 0 spiro atoms. The largest absolute Gasteiger partial charge is 0.356 e. The first kappa shape index (κ1) is 20.0. The second kappa shape index (κ2) is 8.95. The number of halogens is 3. The Morgan fingerprint density at radius 1 is 1.25 bits per heavy atom. The molecular formula is C20H24F3N5. The molecule has 5 nitrogen and oxygen atoms in total. The molecule has 0 saturated carbocycles. The Bertz CT molecular complexity index is 842. The van der Waals surface area contributed by atoms with Crippen LogP contribution < -0.4 is 15.5 Å². The van der Waals surface area contributed by atoms with Gasteiger partial charge in [-0.3, -0.25) is 4.99 Å². The van der Waals surface area contributed by atoms with E-state index in [1.54, 1.807) is 25.4 Å². The summed E-state index contributed by atoms with van der Waals surface area (Å²) in [5.41, 5.74) is 0.708. The number of nitrogens with one attached hydrogen (secondary N) is 2. The summed E-state index contributed by atoms with van der Waals surface area (Å²) in [6, 6.07) is 7.02. The van der Waals surface area contributed by atoms with Crippen LogP contribution in [-0.2, 0) is 0 Å². The summed E-state index contributed by atoms with van der Waals surface area (Å²) in [6.45, 7) is 3.76. The number of hydrogen-bond acceptors (Lipinski definition) is 3. The van der Waals surface area contributed by atoms with Crippen molar-refractivity contribution in [3.63, 3.8) is 0 Å². The fourth-order valence-corrected chi connectivity index (χ4v) is 3.26. The van der Waals surface area contributed by atoms with E-state index in [1.165, 1.54) is 12.1 Å². The summed E-state index contributed by atoms with van der Waals surface area (Å²) in [5.74, 6) is -1.08. The zero-order valence-electron chi connectivity index (χ0n) is 15.9. The van der Waals surface area contributed by atoms with Gasteiger partial charge < -0.3 is 15.5 Å². The van der Waals surface area contributed by atoms with Crippen LogP contribution >= 0.6 is 0 Å². The minimum absolute atomic E-state index is 0.0312. The number of aliphatic imine (C=N–C) groups is 1. The van der Waals surface area contributed by atoms with Crippen LogP contribution in [0, 0.1) is 17.5 Å². The molecule has 0 aliphatic carbocycles. The zero-order valence-corrected chi connectivity index (χ0v) is 15.9. The second-order valence-electron chi connectivity index (χ2n) is 6.91. The van der Waals surface area contributed by atoms with Gasteiger partial charge in [-0.25, -0.2) is 18.2 Å². The first-order chi connectivity index (χ1) is 13.5. The van der Waals surface area contributed by atoms with Crippen LogP contribution in [0.3, 0.4) is 0 Å². The Morgan fingerprint density at radius 2 is 2.07 bits per heavy atom. The average Bonchev–Trinajstić information content (AvgIpc) is 3.15. The van der Waals surface area contributed by atoms with E-state index < -0.39 is 11.6 Å². The van der Waals surface area contributed by atoms with Crippen LogP contribution in [-0.4, -0.2) is 43.7 Å². The predicted octanol–water partition coefficient (Wildman–Crippen LogP) is 3.05. The normalized spacial score (nSPS) is 18.2. The number of aromatic nitrogens is 1. The van der Waals surface area contributed by atoms with E-state index >= 15 is 0 Å². The highest BCUT2D eigenvalue weighted by atomic mass is 19.2. The molecule has 2 N–H and O–H groups in total. The van der Waals surface area contributed by atoms with Crippen molar-refractivity contribution in [2.45, 2.75) is 25.3 Å². The molecule has 2 atom stereocenters. The van der Waals surface area contributed by atoms with Crippen molar-refractivity contribution >= 4 is 11.8 Å². The monoisotopic (exact) mass is 391 g/mol. The van der Waals surface area contributed by atoms with Crippen LogP contribution in [0.4, 0.5) is 19.0 Å². The third-order valence-electron chi connectivity index (χ3n) is 4.88. The molecule has 8 heteroatoms. The van der Waals surface area contributed by atoms with E-state index in [0.717, 1.165) is 12.5 Å². The Morgan fingerprint density at radius 3 is 2.79 bits per heavy atom. The standard InChI is InChI=1S/C20H24F3N5/c1-13(14-5-6-16(21)18(23)10-14)11-26-20(24-2)27-15-7-9-28(12-15)19-17(22)4-3-8-25-19/h3-6,8,10,13,15H,7,9,11-12H2,1-2H3,(H2,24,26,27). The van der Waals surface area contributed by atoms with Crippen molar-refractivity contribution in [1.29, 1.82) is 0 Å². The second-order valence-corrected chi connectivity index (χ2v) is 6.91. The molecule has 0 bridgehead atoms. The van der Waals surface area contributed by atoms with Crippen molar-refractivity contribution in [1.82, 2.24) is 15.6 Å². The van der Waals surface area contributed by atoms with Gasteiger partial charge in [0.05, 0.1) is 0 Å². The fraction of sp³-hybridized carbons (Fsp3) is 0.400. The average molecular weight is 391 g/mol. The fourth-order valence-electron chi connectivity index (χ4n) is 3.26. The maximum absolute atomic E-state index is 13.9. The van der Waals surface area contributed by atoms with Crippen LogP contribution in [0.25, 0.3) is 0 Å². The Hall–Kier alpha value is -2.77. The molecular weight excluding hydrogens is 367 g/mol. The Balaban J connectivity index is 1.52. The molecule has 1 aliphatic heterocycles. The highest BCUT2D eigenvalue weighted by molar-refractivity contribution is 5.80. The summed E-state index contributed by atoms with van der Waals surface area (Å²) in [5, 5.41) is 6.53. The maximum atomic E-state index is 13.9. The molecule has 1 aromatic carbocycles. The Kier molecular flexibility index (Phi) is 6.38. The van der Waals surface area contributed by atoms with Gasteiger partial charge in [0.1, 0.15) is 0 Å². The van der Waals surface area contributed by atoms with Gasteiger partial charge >= 0.3 is 0 Å². The molecule has 2 heterocycles. The van der Waals surface area contributed by atoms with E-state index in [9.17, 15) is 13.2 Å². The van der Waals surface area contributed by atoms with Gasteiger partial charge in [0.25, 0.3) is 0 Å². The van der Waals surface area contributed by atoms with Gasteiger partial charge in [0.15, 0.2) is 29.2 Å². The molecule has 1 saturated heterocycles. The predicted molar refractivity (Wildman–Crippen MR) is 104 cm³/mol. The van der Waals surface area contributed by atoms with Gasteiger partial charge in [-0.15, -0.1) is 0 Å². The number of benzene rings is 1. The van der Waals surface area contributed by atoms with E-state index in [1.807, 2.05) is 11.8 Å². The van der Waals surface area contributed by atoms with Crippen molar-refractivity contribution in [3.05, 3.63) is 59.5 Å². The lowest BCUT2D eigenvalue weighted by Gasteiger charge is -2.21. The van der Waals surface area contributed by atoms with Crippen molar-refractivity contribution in [2.24, 2.45) is 4.99 Å². The molecule has 2 aromatic rings. The molecule has 0 amide bonds. The van der Waals surface area contributed by atoms with E-state index in [-0.39, 0.29) is 17.8 Å². The SMILES string of the molecule is CN=C(NCC(C)c1ccc(F)c(F)c1)NC1CCN(c2ncccc2F)C1. The van der Waals surface area contributed by atoms with E-state index in [4.69, 9.17) is 0 Å². The summed E-state index contributed by atoms with van der Waals surface area (Å²) in [6.07, 6.45) is 2.41. The quantitative estimate of drug-likeness (QED) is 0.608. The summed E-state index contributed by atoms with van der Waals surface area (Å²) in [4.78, 5) is 10.2. The number of nitrogens with zero attached hydrogens (tertiary/aromatic N) is 3. The zero-order chi connectivity index (χ0) is 20.1. The molecule has 1 aromatic heterocycles. The first-order valence-electron chi connectivity index (χ1n) is 9.25. The Labute approximate surface area is 162 Å². The van der Waals surface area contributed by atoms with E-state index in [2.05, 4.69) is 20.6 Å². The van der Waals surface area contributed by atoms with Gasteiger partial charge in [-0.05, 0) is 42.2 Å². The van der Waals surface area contributed by atoms with Crippen molar-refractivity contribution < 1.29 is 13.2 Å². The lowest BCUT2D eigenvalue weighted by atomic mass is 10.0. The lowest BCUT2D eigenvalue weighted by molar-refractivity contribution is 0.505. The smallest absolute Gasteiger partial charge is 0.191 e. The summed E-state index contributed by atoms with van der Waals surface area (Å²) >= 11 is 0. The highest BCUT2D eigenvalue weighted by Crippen LogP contribution is 2.21. The molecule has 2 unspecified atom stereocenters. The van der Waals surface area contributed by atoms with Crippen LogP contribution in [0.15, 0.2) is 41.5 Å². The maximum Gasteiger partial charge on any atom is 0.191 e. The number of rotatable bonds is 5. The molecule has 28 heavy (non-hydrogen) atoms. The first-order valence-corrected chi connectivity index (χ1v) is 9.25. The number of hydrogen-bond donors (Lipinski definition) is 2.